The van der Waals surface area contributed by atoms with Gasteiger partial charge >= 0.3 is 5.97 Å². The lowest BCUT2D eigenvalue weighted by molar-refractivity contribution is -0.143. The van der Waals surface area contributed by atoms with Crippen LogP contribution in [0.1, 0.15) is 34.1 Å². The quantitative estimate of drug-likeness (QED) is 0.719. The molecule has 0 heterocycles. The molecule has 0 aromatic carbocycles. The molecule has 0 aromatic heterocycles. The van der Waals surface area contributed by atoms with Gasteiger partial charge in [0.2, 0.25) is 0 Å². The molecule has 4 heteroatoms. The van der Waals surface area contributed by atoms with E-state index in [4.69, 9.17) is 4.74 Å². The van der Waals surface area contributed by atoms with E-state index in [1.54, 1.807) is 7.05 Å². The summed E-state index contributed by atoms with van der Waals surface area (Å²) in [6, 6.07) is 0.257. The largest absolute Gasteiger partial charge is 0.468 e. The first-order chi connectivity index (χ1) is 7.73. The molecule has 102 valence electrons. The van der Waals surface area contributed by atoms with Crippen LogP contribution in [0.25, 0.3) is 0 Å². The Bertz CT molecular complexity index is 236. The molecule has 0 saturated heterocycles. The number of likely N-dealkylation sites (N-methyl/N-ethyl adjacent to an activating group) is 1. The number of nitrogens with one attached hydrogen (secondary N) is 1. The maximum Gasteiger partial charge on any atom is 0.322 e. The molecule has 1 N–H and O–H groups in total. The SMILES string of the molecule is CNC(CCN(C)C(C)C(C)(C)C)C(=O)OC. The molecule has 0 rings (SSSR count). The van der Waals surface area contributed by atoms with Crippen LogP contribution in [0.2, 0.25) is 0 Å². The van der Waals surface area contributed by atoms with Crippen molar-refractivity contribution in [3.05, 3.63) is 0 Å². The van der Waals surface area contributed by atoms with Crippen molar-refractivity contribution in [1.29, 1.82) is 0 Å². The van der Waals surface area contributed by atoms with Gasteiger partial charge in [0.1, 0.15) is 6.04 Å². The molecule has 0 fully saturated rings. The monoisotopic (exact) mass is 244 g/mol. The molecule has 0 amide bonds. The average Bonchev–Trinajstić information content (AvgIpc) is 2.26. The molecule has 0 aliphatic carbocycles. The number of ether oxygens (including phenoxy) is 1. The molecule has 0 radical (unpaired) electrons. The van der Waals surface area contributed by atoms with Crippen molar-refractivity contribution in [3.8, 4) is 0 Å². The van der Waals surface area contributed by atoms with Gasteiger partial charge < -0.3 is 15.0 Å². The fraction of sp³-hybridized carbons (Fsp3) is 0.923. The van der Waals surface area contributed by atoms with Crippen molar-refractivity contribution >= 4 is 5.97 Å². The summed E-state index contributed by atoms with van der Waals surface area (Å²) in [4.78, 5) is 13.7. The van der Waals surface area contributed by atoms with E-state index in [0.29, 0.717) is 6.04 Å². The number of carbonyl (C=O) groups excluding carboxylic acids is 1. The summed E-state index contributed by atoms with van der Waals surface area (Å²) < 4.78 is 4.74. The highest BCUT2D eigenvalue weighted by Crippen LogP contribution is 2.23. The van der Waals surface area contributed by atoms with E-state index in [2.05, 4.69) is 45.0 Å². The van der Waals surface area contributed by atoms with Crippen LogP contribution in [-0.2, 0) is 9.53 Å². The molecular weight excluding hydrogens is 216 g/mol. The third kappa shape index (κ3) is 5.50. The smallest absolute Gasteiger partial charge is 0.322 e. The number of carbonyl (C=O) groups is 1. The van der Waals surface area contributed by atoms with Gasteiger partial charge in [0.05, 0.1) is 7.11 Å². The van der Waals surface area contributed by atoms with E-state index in [-0.39, 0.29) is 17.4 Å². The minimum absolute atomic E-state index is 0.190. The van der Waals surface area contributed by atoms with Gasteiger partial charge in [-0.15, -0.1) is 0 Å². The zero-order chi connectivity index (χ0) is 13.6. The molecule has 0 aliphatic heterocycles. The summed E-state index contributed by atoms with van der Waals surface area (Å²) in [5.74, 6) is -0.190. The summed E-state index contributed by atoms with van der Waals surface area (Å²) in [7, 11) is 5.31. The van der Waals surface area contributed by atoms with Crippen LogP contribution in [0, 0.1) is 5.41 Å². The lowest BCUT2D eigenvalue weighted by Crippen LogP contribution is -2.43. The van der Waals surface area contributed by atoms with Crippen molar-refractivity contribution in [1.82, 2.24) is 10.2 Å². The number of methoxy groups -OCH3 is 1. The topological polar surface area (TPSA) is 41.6 Å². The minimum Gasteiger partial charge on any atom is -0.468 e. The minimum atomic E-state index is -0.213. The Kier molecular flexibility index (Phi) is 6.72. The van der Waals surface area contributed by atoms with Crippen LogP contribution in [0.5, 0.6) is 0 Å². The first-order valence-electron chi connectivity index (χ1n) is 6.19. The Balaban J connectivity index is 4.22. The maximum atomic E-state index is 11.4. The summed E-state index contributed by atoms with van der Waals surface area (Å²) >= 11 is 0. The van der Waals surface area contributed by atoms with E-state index < -0.39 is 0 Å². The number of esters is 1. The van der Waals surface area contributed by atoms with Gasteiger partial charge in [-0.25, -0.2) is 0 Å². The Morgan fingerprint density at radius 2 is 1.94 bits per heavy atom. The molecule has 2 unspecified atom stereocenters. The van der Waals surface area contributed by atoms with E-state index in [0.717, 1.165) is 13.0 Å². The second-order valence-corrected chi connectivity index (χ2v) is 5.68. The highest BCUT2D eigenvalue weighted by molar-refractivity contribution is 5.75. The van der Waals surface area contributed by atoms with Crippen LogP contribution in [0.3, 0.4) is 0 Å². The fourth-order valence-electron chi connectivity index (χ4n) is 1.71. The van der Waals surface area contributed by atoms with E-state index in [1.165, 1.54) is 7.11 Å². The van der Waals surface area contributed by atoms with Gasteiger partial charge in [0, 0.05) is 12.6 Å². The van der Waals surface area contributed by atoms with E-state index in [9.17, 15) is 4.79 Å². The zero-order valence-electron chi connectivity index (χ0n) is 12.3. The summed E-state index contributed by atoms with van der Waals surface area (Å²) in [5.41, 5.74) is 0.245. The van der Waals surface area contributed by atoms with Crippen LogP contribution < -0.4 is 5.32 Å². The van der Waals surface area contributed by atoms with Crippen molar-refractivity contribution < 1.29 is 9.53 Å². The van der Waals surface area contributed by atoms with Crippen molar-refractivity contribution in [2.45, 2.75) is 46.2 Å². The number of rotatable bonds is 6. The van der Waals surface area contributed by atoms with E-state index >= 15 is 0 Å². The van der Waals surface area contributed by atoms with Gasteiger partial charge in [-0.1, -0.05) is 20.8 Å². The maximum absolute atomic E-state index is 11.4. The van der Waals surface area contributed by atoms with Gasteiger partial charge in [0.15, 0.2) is 0 Å². The highest BCUT2D eigenvalue weighted by atomic mass is 16.5. The molecule has 4 nitrogen and oxygen atoms in total. The third-order valence-electron chi connectivity index (χ3n) is 3.52. The Labute approximate surface area is 106 Å². The number of hydrogen-bond acceptors (Lipinski definition) is 4. The van der Waals surface area contributed by atoms with E-state index in [1.807, 2.05) is 0 Å². The van der Waals surface area contributed by atoms with Gasteiger partial charge in [-0.05, 0) is 32.9 Å². The second kappa shape index (κ2) is 6.97. The normalized spacial score (nSPS) is 15.8. The summed E-state index contributed by atoms with van der Waals surface area (Å²) in [5, 5.41) is 2.98. The fourth-order valence-corrected chi connectivity index (χ4v) is 1.71. The summed E-state index contributed by atoms with van der Waals surface area (Å²) in [6.07, 6.45) is 0.764. The molecule has 0 spiro atoms. The molecule has 0 aliphatic rings. The lowest BCUT2D eigenvalue weighted by Gasteiger charge is -2.35. The molecule has 2 atom stereocenters. The van der Waals surface area contributed by atoms with Gasteiger partial charge in [-0.3, -0.25) is 4.79 Å². The first-order valence-corrected chi connectivity index (χ1v) is 6.19. The number of hydrogen-bond donors (Lipinski definition) is 1. The van der Waals surface area contributed by atoms with Crippen molar-refractivity contribution in [2.75, 3.05) is 27.7 Å². The van der Waals surface area contributed by atoms with Gasteiger partial charge in [0.25, 0.3) is 0 Å². The number of nitrogens with zero attached hydrogens (tertiary/aromatic N) is 1. The first kappa shape index (κ1) is 16.4. The average molecular weight is 244 g/mol. The van der Waals surface area contributed by atoms with Crippen LogP contribution in [0.15, 0.2) is 0 Å². The molecule has 0 saturated carbocycles. The third-order valence-corrected chi connectivity index (χ3v) is 3.52. The predicted octanol–water partition coefficient (Wildman–Crippen LogP) is 1.50. The van der Waals surface area contributed by atoms with Crippen molar-refractivity contribution in [3.63, 3.8) is 0 Å². The van der Waals surface area contributed by atoms with Crippen LogP contribution in [0.4, 0.5) is 0 Å². The van der Waals surface area contributed by atoms with Crippen LogP contribution >= 0.6 is 0 Å². The zero-order valence-corrected chi connectivity index (χ0v) is 12.3. The second-order valence-electron chi connectivity index (χ2n) is 5.68. The molecule has 17 heavy (non-hydrogen) atoms. The summed E-state index contributed by atoms with van der Waals surface area (Å²) in [6.45, 7) is 9.77. The Hall–Kier alpha value is -0.610. The highest BCUT2D eigenvalue weighted by Gasteiger charge is 2.25. The lowest BCUT2D eigenvalue weighted by atomic mass is 9.87. The van der Waals surface area contributed by atoms with Crippen LogP contribution in [-0.4, -0.2) is 50.7 Å². The van der Waals surface area contributed by atoms with Crippen molar-refractivity contribution in [2.24, 2.45) is 5.41 Å². The Morgan fingerprint density at radius 1 is 1.41 bits per heavy atom. The predicted molar refractivity (Wildman–Crippen MR) is 71.0 cm³/mol. The molecular formula is C13H28N2O2. The Morgan fingerprint density at radius 3 is 2.29 bits per heavy atom. The standard InChI is InChI=1S/C13H28N2O2/c1-10(13(2,3)4)15(6)9-8-11(14-5)12(16)17-7/h10-11,14H,8-9H2,1-7H3. The molecule has 0 aromatic rings. The van der Waals surface area contributed by atoms with Gasteiger partial charge in [-0.2, -0.15) is 0 Å². The molecule has 0 bridgehead atoms.